The molecule has 146 valence electrons. The Bertz CT molecular complexity index is 761. The Kier molecular flexibility index (Phi) is 6.20. The highest BCUT2D eigenvalue weighted by Crippen LogP contribution is 2.29. The van der Waals surface area contributed by atoms with E-state index in [-0.39, 0.29) is 43.5 Å². The first-order valence-electron chi connectivity index (χ1n) is 8.84. The number of carbonyl (C=O) groups is 4. The third-order valence-corrected chi connectivity index (χ3v) is 4.86. The maximum absolute atomic E-state index is 12.6. The van der Waals surface area contributed by atoms with E-state index in [2.05, 4.69) is 10.6 Å². The van der Waals surface area contributed by atoms with Gasteiger partial charge in [-0.3, -0.25) is 19.2 Å². The van der Waals surface area contributed by atoms with Crippen LogP contribution >= 0.6 is 0 Å². The number of anilines is 2. The number of para-hydroxylation sites is 2. The molecule has 1 aliphatic rings. The lowest BCUT2D eigenvalue weighted by molar-refractivity contribution is -0.139. The first-order valence-corrected chi connectivity index (χ1v) is 8.84. The van der Waals surface area contributed by atoms with Gasteiger partial charge < -0.3 is 20.6 Å². The summed E-state index contributed by atoms with van der Waals surface area (Å²) >= 11 is 0. The van der Waals surface area contributed by atoms with E-state index in [1.807, 2.05) is 13.8 Å². The van der Waals surface area contributed by atoms with Crippen LogP contribution in [0.3, 0.4) is 0 Å². The summed E-state index contributed by atoms with van der Waals surface area (Å²) in [6.07, 6.45) is -0.361. The van der Waals surface area contributed by atoms with Crippen molar-refractivity contribution in [3.63, 3.8) is 0 Å². The summed E-state index contributed by atoms with van der Waals surface area (Å²) in [5.74, 6) is -2.11. The van der Waals surface area contributed by atoms with E-state index < -0.39 is 17.4 Å². The number of carboxylic acids is 1. The highest BCUT2D eigenvalue weighted by atomic mass is 16.4. The van der Waals surface area contributed by atoms with Gasteiger partial charge in [0.05, 0.1) is 17.8 Å². The molecule has 1 aliphatic heterocycles. The van der Waals surface area contributed by atoms with Crippen molar-refractivity contribution in [2.45, 2.75) is 45.6 Å². The van der Waals surface area contributed by atoms with Crippen molar-refractivity contribution in [3.05, 3.63) is 24.3 Å². The van der Waals surface area contributed by atoms with Crippen LogP contribution < -0.4 is 15.5 Å². The molecule has 0 fully saturated rings. The molecule has 0 saturated carbocycles. The van der Waals surface area contributed by atoms with Gasteiger partial charge in [0.1, 0.15) is 6.54 Å². The standard InChI is InChI=1S/C19H25N3O5/c1-12(2)19(3,10-18(26)27)21-15(23)8-9-17(25)22-11-16(24)20-13-6-4-5-7-14(13)22/h4-7,12H,8-11H2,1-3H3,(H,20,24)(H,21,23)(H,26,27). The van der Waals surface area contributed by atoms with E-state index in [9.17, 15) is 19.2 Å². The number of hydrogen-bond acceptors (Lipinski definition) is 4. The number of amides is 3. The van der Waals surface area contributed by atoms with E-state index in [1.54, 1.807) is 31.2 Å². The molecule has 0 radical (unpaired) electrons. The molecular formula is C19H25N3O5. The van der Waals surface area contributed by atoms with E-state index >= 15 is 0 Å². The summed E-state index contributed by atoms with van der Waals surface area (Å²) < 4.78 is 0. The predicted octanol–water partition coefficient (Wildman–Crippen LogP) is 1.76. The molecule has 8 nitrogen and oxygen atoms in total. The highest BCUT2D eigenvalue weighted by Gasteiger charge is 2.33. The first kappa shape index (κ1) is 20.4. The summed E-state index contributed by atoms with van der Waals surface area (Å²) in [4.78, 5) is 49.1. The van der Waals surface area contributed by atoms with Gasteiger partial charge in [-0.05, 0) is 25.0 Å². The third-order valence-electron chi connectivity index (χ3n) is 4.86. The molecule has 1 unspecified atom stereocenters. The van der Waals surface area contributed by atoms with Crippen LogP contribution in [0.1, 0.15) is 40.0 Å². The second-order valence-corrected chi connectivity index (χ2v) is 7.24. The number of fused-ring (bicyclic) bond motifs is 1. The minimum Gasteiger partial charge on any atom is -0.481 e. The minimum absolute atomic E-state index is 0.0747. The molecule has 0 saturated heterocycles. The molecule has 1 atom stereocenters. The van der Waals surface area contributed by atoms with Crippen molar-refractivity contribution in [1.29, 1.82) is 0 Å². The number of benzene rings is 1. The third kappa shape index (κ3) is 5.06. The Labute approximate surface area is 157 Å². The molecule has 8 heteroatoms. The van der Waals surface area contributed by atoms with E-state index in [4.69, 9.17) is 5.11 Å². The molecule has 3 amide bonds. The summed E-state index contributed by atoms with van der Waals surface area (Å²) in [5.41, 5.74) is 0.254. The molecule has 0 aliphatic carbocycles. The second-order valence-electron chi connectivity index (χ2n) is 7.24. The fraction of sp³-hybridized carbons (Fsp3) is 0.474. The Hall–Kier alpha value is -2.90. The van der Waals surface area contributed by atoms with Crippen molar-refractivity contribution in [3.8, 4) is 0 Å². The Morgan fingerprint density at radius 2 is 1.93 bits per heavy atom. The van der Waals surface area contributed by atoms with Crippen LogP contribution in [0, 0.1) is 5.92 Å². The molecule has 3 N–H and O–H groups in total. The monoisotopic (exact) mass is 375 g/mol. The van der Waals surface area contributed by atoms with E-state index in [0.717, 1.165) is 0 Å². The lowest BCUT2D eigenvalue weighted by Crippen LogP contribution is -2.51. The zero-order valence-corrected chi connectivity index (χ0v) is 15.7. The van der Waals surface area contributed by atoms with E-state index in [0.29, 0.717) is 11.4 Å². The van der Waals surface area contributed by atoms with Gasteiger partial charge >= 0.3 is 5.97 Å². The zero-order valence-electron chi connectivity index (χ0n) is 15.7. The molecule has 27 heavy (non-hydrogen) atoms. The van der Waals surface area contributed by atoms with Gasteiger partial charge in [0.25, 0.3) is 0 Å². The SMILES string of the molecule is CC(C)C(C)(CC(=O)O)NC(=O)CCC(=O)N1CC(=O)Nc2ccccc21. The number of nitrogens with zero attached hydrogens (tertiary/aromatic N) is 1. The maximum atomic E-state index is 12.6. The van der Waals surface area contributed by atoms with Gasteiger partial charge in [0.15, 0.2) is 0 Å². The number of carbonyl (C=O) groups excluding carboxylic acids is 3. The molecule has 0 spiro atoms. The van der Waals surface area contributed by atoms with Gasteiger partial charge in [-0.25, -0.2) is 0 Å². The summed E-state index contributed by atoms with van der Waals surface area (Å²) in [6, 6.07) is 6.97. The molecular weight excluding hydrogens is 350 g/mol. The van der Waals surface area contributed by atoms with Crippen molar-refractivity contribution in [1.82, 2.24) is 5.32 Å². The number of aliphatic carboxylic acids is 1. The van der Waals surface area contributed by atoms with Gasteiger partial charge in [0.2, 0.25) is 17.7 Å². The van der Waals surface area contributed by atoms with E-state index in [1.165, 1.54) is 4.90 Å². The van der Waals surface area contributed by atoms with Gasteiger partial charge in [-0.2, -0.15) is 0 Å². The Morgan fingerprint density at radius 3 is 2.56 bits per heavy atom. The minimum atomic E-state index is -1.00. The number of nitrogens with one attached hydrogen (secondary N) is 2. The van der Waals surface area contributed by atoms with Gasteiger partial charge in [-0.15, -0.1) is 0 Å². The maximum Gasteiger partial charge on any atom is 0.305 e. The Balaban J connectivity index is 2.00. The smallest absolute Gasteiger partial charge is 0.305 e. The van der Waals surface area contributed by atoms with Crippen molar-refractivity contribution in [2.24, 2.45) is 5.92 Å². The number of hydrogen-bond donors (Lipinski definition) is 3. The van der Waals surface area contributed by atoms with Crippen LogP contribution in [-0.2, 0) is 19.2 Å². The van der Waals surface area contributed by atoms with Crippen LogP contribution in [0.4, 0.5) is 11.4 Å². The highest BCUT2D eigenvalue weighted by molar-refractivity contribution is 6.10. The van der Waals surface area contributed by atoms with Crippen molar-refractivity contribution in [2.75, 3.05) is 16.8 Å². The molecule has 1 aromatic rings. The Morgan fingerprint density at radius 1 is 1.26 bits per heavy atom. The predicted molar refractivity (Wildman–Crippen MR) is 100 cm³/mol. The van der Waals surface area contributed by atoms with Gasteiger partial charge in [-0.1, -0.05) is 26.0 Å². The lowest BCUT2D eigenvalue weighted by Gasteiger charge is -2.33. The molecule has 2 rings (SSSR count). The quantitative estimate of drug-likeness (QED) is 0.671. The fourth-order valence-electron chi connectivity index (χ4n) is 2.90. The number of rotatable bonds is 7. The van der Waals surface area contributed by atoms with Crippen molar-refractivity contribution < 1.29 is 24.3 Å². The topological polar surface area (TPSA) is 116 Å². The molecule has 0 bridgehead atoms. The van der Waals surface area contributed by atoms with Crippen LogP contribution in [-0.4, -0.2) is 40.9 Å². The average molecular weight is 375 g/mol. The van der Waals surface area contributed by atoms with Crippen LogP contribution in [0.2, 0.25) is 0 Å². The lowest BCUT2D eigenvalue weighted by atomic mass is 9.85. The normalized spacial score (nSPS) is 15.6. The van der Waals surface area contributed by atoms with Gasteiger partial charge in [0, 0.05) is 18.4 Å². The fourth-order valence-corrected chi connectivity index (χ4v) is 2.90. The van der Waals surface area contributed by atoms with Crippen LogP contribution in [0.15, 0.2) is 24.3 Å². The molecule has 0 aromatic heterocycles. The zero-order chi connectivity index (χ0) is 20.2. The average Bonchev–Trinajstić information content (AvgIpc) is 2.57. The largest absolute Gasteiger partial charge is 0.481 e. The summed E-state index contributed by atoms with van der Waals surface area (Å²) in [5, 5.41) is 14.5. The van der Waals surface area contributed by atoms with Crippen molar-refractivity contribution >= 4 is 35.1 Å². The number of carboxylic acid groups (broad SMARTS) is 1. The molecule has 1 aromatic carbocycles. The summed E-state index contributed by atoms with van der Waals surface area (Å²) in [6.45, 7) is 5.24. The van der Waals surface area contributed by atoms with Crippen LogP contribution in [0.25, 0.3) is 0 Å². The molecule has 1 heterocycles. The van der Waals surface area contributed by atoms with Crippen LogP contribution in [0.5, 0.6) is 0 Å². The second kappa shape index (κ2) is 8.20. The first-order chi connectivity index (χ1) is 12.6. The summed E-state index contributed by atoms with van der Waals surface area (Å²) in [7, 11) is 0.